The zero-order chi connectivity index (χ0) is 8.97. The third kappa shape index (κ3) is 2.88. The molecule has 3 heteroatoms. The number of hydrogen-bond acceptors (Lipinski definition) is 1. The Balaban J connectivity index is 2.75. The average Bonchev–Trinajstić information content (AvgIpc) is 2.07. The van der Waals surface area contributed by atoms with Crippen molar-refractivity contribution in [2.45, 2.75) is 13.5 Å². The summed E-state index contributed by atoms with van der Waals surface area (Å²) in [5.74, 6) is 0. The second-order valence-corrected chi connectivity index (χ2v) is 4.11. The molecule has 0 spiro atoms. The van der Waals surface area contributed by atoms with Crippen LogP contribution in [-0.2, 0) is 6.54 Å². The van der Waals surface area contributed by atoms with Gasteiger partial charge in [0.05, 0.1) is 5.45 Å². The van der Waals surface area contributed by atoms with Crippen molar-refractivity contribution in [1.82, 2.24) is 5.32 Å². The number of aryl methyl sites for hydroxylation is 1. The van der Waals surface area contributed by atoms with E-state index in [2.05, 4.69) is 62.3 Å². The summed E-state index contributed by atoms with van der Waals surface area (Å²) in [5, 5.41) is 3.23. The quantitative estimate of drug-likeness (QED) is 0.666. The van der Waals surface area contributed by atoms with Crippen LogP contribution < -0.4 is 5.32 Å². The number of hydrogen-bond donors (Lipinski definition) is 1. The Morgan fingerprint density at radius 2 is 2.17 bits per heavy atom. The highest BCUT2D eigenvalue weighted by Gasteiger charge is 1.97. The van der Waals surface area contributed by atoms with Crippen LogP contribution in [0.5, 0.6) is 0 Å². The van der Waals surface area contributed by atoms with Gasteiger partial charge in [0.25, 0.3) is 0 Å². The fraction of sp³-hybridized carbons (Fsp3) is 0.333. The van der Waals surface area contributed by atoms with Crippen LogP contribution in [0.3, 0.4) is 0 Å². The summed E-state index contributed by atoms with van der Waals surface area (Å²) in [6.07, 6.45) is 0. The highest BCUT2D eigenvalue weighted by atomic mass is 79.9. The number of alkyl halides is 1. The molecule has 0 atom stereocenters. The monoisotopic (exact) mass is 291 g/mol. The standard InChI is InChI=1S/C9H11Br2N/c1-7-2-3-9(11)4-8(7)5-12-6-10/h2-4,12H,5-6H2,1H3. The van der Waals surface area contributed by atoms with Gasteiger partial charge in [-0.05, 0) is 30.2 Å². The van der Waals surface area contributed by atoms with Crippen molar-refractivity contribution in [2.75, 3.05) is 5.45 Å². The molecule has 0 aliphatic heterocycles. The minimum atomic E-state index is 0.832. The lowest BCUT2D eigenvalue weighted by Gasteiger charge is -2.05. The largest absolute Gasteiger partial charge is 0.303 e. The van der Waals surface area contributed by atoms with Crippen molar-refractivity contribution >= 4 is 31.9 Å². The van der Waals surface area contributed by atoms with E-state index in [4.69, 9.17) is 0 Å². The molecule has 0 bridgehead atoms. The Labute approximate surface area is 89.8 Å². The fourth-order valence-electron chi connectivity index (χ4n) is 1.01. The first kappa shape index (κ1) is 10.2. The van der Waals surface area contributed by atoms with Crippen LogP contribution in [0.25, 0.3) is 0 Å². The van der Waals surface area contributed by atoms with Crippen LogP contribution in [0.2, 0.25) is 0 Å². The smallest absolute Gasteiger partial charge is 0.0519 e. The van der Waals surface area contributed by atoms with Gasteiger partial charge in [-0.25, -0.2) is 0 Å². The first-order valence-corrected chi connectivity index (χ1v) is 5.67. The maximum Gasteiger partial charge on any atom is 0.0519 e. The van der Waals surface area contributed by atoms with Gasteiger partial charge < -0.3 is 5.32 Å². The Morgan fingerprint density at radius 3 is 2.83 bits per heavy atom. The maximum atomic E-state index is 3.45. The Hall–Kier alpha value is 0.140. The molecule has 1 rings (SSSR count). The molecule has 0 saturated carbocycles. The van der Waals surface area contributed by atoms with Crippen molar-refractivity contribution in [3.05, 3.63) is 33.8 Å². The minimum absolute atomic E-state index is 0.832. The zero-order valence-electron chi connectivity index (χ0n) is 6.90. The van der Waals surface area contributed by atoms with Crippen LogP contribution in [-0.4, -0.2) is 5.45 Å². The van der Waals surface area contributed by atoms with Gasteiger partial charge in [-0.1, -0.05) is 37.9 Å². The molecule has 1 nitrogen and oxygen atoms in total. The summed E-state index contributed by atoms with van der Waals surface area (Å²) < 4.78 is 1.14. The number of halogens is 2. The van der Waals surface area contributed by atoms with E-state index >= 15 is 0 Å². The lowest BCUT2D eigenvalue weighted by molar-refractivity contribution is 0.796. The van der Waals surface area contributed by atoms with Crippen molar-refractivity contribution < 1.29 is 0 Å². The molecule has 66 valence electrons. The topological polar surface area (TPSA) is 12.0 Å². The van der Waals surface area contributed by atoms with Gasteiger partial charge in [-0.3, -0.25) is 0 Å². The van der Waals surface area contributed by atoms with E-state index in [0.29, 0.717) is 0 Å². The maximum absolute atomic E-state index is 3.45. The molecule has 0 heterocycles. The van der Waals surface area contributed by atoms with Crippen molar-refractivity contribution in [1.29, 1.82) is 0 Å². The number of rotatable bonds is 3. The molecule has 0 aliphatic rings. The second kappa shape index (κ2) is 5.00. The zero-order valence-corrected chi connectivity index (χ0v) is 10.1. The summed E-state index contributed by atoms with van der Waals surface area (Å²) in [7, 11) is 0. The minimum Gasteiger partial charge on any atom is -0.303 e. The first-order valence-electron chi connectivity index (χ1n) is 3.75. The molecule has 1 aromatic carbocycles. The van der Waals surface area contributed by atoms with Gasteiger partial charge in [-0.15, -0.1) is 0 Å². The van der Waals surface area contributed by atoms with E-state index in [1.807, 2.05) is 0 Å². The third-order valence-electron chi connectivity index (χ3n) is 1.72. The summed E-state index contributed by atoms with van der Waals surface area (Å²) in [6.45, 7) is 3.04. The van der Waals surface area contributed by atoms with Crippen LogP contribution in [0, 0.1) is 6.92 Å². The Bertz CT molecular complexity index is 261. The van der Waals surface area contributed by atoms with E-state index < -0.39 is 0 Å². The molecule has 0 aromatic heterocycles. The number of benzene rings is 1. The van der Waals surface area contributed by atoms with Gasteiger partial charge in [0.2, 0.25) is 0 Å². The predicted molar refractivity (Wildman–Crippen MR) is 59.5 cm³/mol. The molecule has 1 N–H and O–H groups in total. The lowest BCUT2D eigenvalue weighted by Crippen LogP contribution is -2.10. The molecule has 1 aromatic rings. The highest BCUT2D eigenvalue weighted by Crippen LogP contribution is 2.15. The van der Waals surface area contributed by atoms with Gasteiger partial charge in [0, 0.05) is 11.0 Å². The summed E-state index contributed by atoms with van der Waals surface area (Å²) in [6, 6.07) is 6.33. The molecule has 0 fully saturated rings. The molecule has 12 heavy (non-hydrogen) atoms. The normalized spacial score (nSPS) is 10.2. The van der Waals surface area contributed by atoms with Crippen LogP contribution >= 0.6 is 31.9 Å². The molecular weight excluding hydrogens is 282 g/mol. The van der Waals surface area contributed by atoms with Crippen molar-refractivity contribution in [2.24, 2.45) is 0 Å². The Kier molecular flexibility index (Phi) is 4.26. The number of nitrogens with one attached hydrogen (secondary N) is 1. The highest BCUT2D eigenvalue weighted by molar-refractivity contribution is 9.10. The van der Waals surface area contributed by atoms with Gasteiger partial charge >= 0.3 is 0 Å². The summed E-state index contributed by atoms with van der Waals surface area (Å²) in [4.78, 5) is 0. The third-order valence-corrected chi connectivity index (χ3v) is 2.61. The van der Waals surface area contributed by atoms with Gasteiger partial charge in [0.15, 0.2) is 0 Å². The molecule has 0 radical (unpaired) electrons. The average molecular weight is 293 g/mol. The fourth-order valence-corrected chi connectivity index (χ4v) is 1.62. The van der Waals surface area contributed by atoms with Crippen LogP contribution in [0.1, 0.15) is 11.1 Å². The van der Waals surface area contributed by atoms with E-state index in [1.54, 1.807) is 0 Å². The van der Waals surface area contributed by atoms with E-state index in [0.717, 1.165) is 16.5 Å². The lowest BCUT2D eigenvalue weighted by atomic mass is 10.1. The molecule has 0 unspecified atom stereocenters. The van der Waals surface area contributed by atoms with Crippen molar-refractivity contribution in [3.63, 3.8) is 0 Å². The van der Waals surface area contributed by atoms with Gasteiger partial charge in [0.1, 0.15) is 0 Å². The summed E-state index contributed by atoms with van der Waals surface area (Å²) >= 11 is 6.78. The Morgan fingerprint density at radius 1 is 1.42 bits per heavy atom. The van der Waals surface area contributed by atoms with Crippen LogP contribution in [0.4, 0.5) is 0 Å². The SMILES string of the molecule is Cc1ccc(Br)cc1CNCBr. The van der Waals surface area contributed by atoms with E-state index in [9.17, 15) is 0 Å². The molecule has 0 saturated heterocycles. The predicted octanol–water partition coefficient (Wildman–Crippen LogP) is 3.20. The van der Waals surface area contributed by atoms with Gasteiger partial charge in [-0.2, -0.15) is 0 Å². The van der Waals surface area contributed by atoms with E-state index in [-0.39, 0.29) is 0 Å². The summed E-state index contributed by atoms with van der Waals surface area (Å²) in [5.41, 5.74) is 3.49. The second-order valence-electron chi connectivity index (χ2n) is 2.63. The van der Waals surface area contributed by atoms with E-state index in [1.165, 1.54) is 11.1 Å². The molecular formula is C9H11Br2N. The van der Waals surface area contributed by atoms with Crippen LogP contribution in [0.15, 0.2) is 22.7 Å². The molecule has 0 aliphatic carbocycles. The molecule has 0 amide bonds. The van der Waals surface area contributed by atoms with Crippen molar-refractivity contribution in [3.8, 4) is 0 Å². The first-order chi connectivity index (χ1) is 5.74.